The predicted octanol–water partition coefficient (Wildman–Crippen LogP) is 2.16. The van der Waals surface area contributed by atoms with Gasteiger partial charge in [0, 0.05) is 18.3 Å². The second-order valence-electron chi connectivity index (χ2n) is 3.99. The highest BCUT2D eigenvalue weighted by molar-refractivity contribution is 5.96. The Kier molecular flexibility index (Phi) is 4.82. The fraction of sp³-hybridized carbons (Fsp3) is 0.462. The van der Waals surface area contributed by atoms with Gasteiger partial charge in [0.25, 0.3) is 5.91 Å². The maximum atomic E-state index is 11.9. The highest BCUT2D eigenvalue weighted by atomic mass is 16.1. The van der Waals surface area contributed by atoms with Crippen LogP contribution in [-0.2, 0) is 0 Å². The number of hydrogen-bond donors (Lipinski definition) is 1. The highest BCUT2D eigenvalue weighted by Crippen LogP contribution is 2.21. The molecule has 1 aromatic rings. The minimum Gasteiger partial charge on any atom is -0.352 e. The Morgan fingerprint density at radius 1 is 1.53 bits per heavy atom. The number of nitrogens with zero attached hydrogens (tertiary/aromatic N) is 1. The van der Waals surface area contributed by atoms with E-state index in [0.717, 1.165) is 12.1 Å². The summed E-state index contributed by atoms with van der Waals surface area (Å²) in [5, 5.41) is 2.74. The van der Waals surface area contributed by atoms with Crippen LogP contribution in [0.15, 0.2) is 12.3 Å². The summed E-state index contributed by atoms with van der Waals surface area (Å²) in [5.41, 5.74) is 1.69. The van der Waals surface area contributed by atoms with Gasteiger partial charge in [-0.05, 0) is 25.3 Å². The van der Waals surface area contributed by atoms with Crippen molar-refractivity contribution in [2.24, 2.45) is 0 Å². The molecule has 1 amide bonds. The summed E-state index contributed by atoms with van der Waals surface area (Å²) in [6.07, 6.45) is 3.12. The molecule has 4 nitrogen and oxygen atoms in total. The first kappa shape index (κ1) is 13.4. The molecule has 0 bridgehead atoms. The van der Waals surface area contributed by atoms with Crippen LogP contribution in [0.3, 0.4) is 0 Å². The molecule has 0 spiro atoms. The molecule has 1 aromatic heterocycles. The van der Waals surface area contributed by atoms with Crippen molar-refractivity contribution >= 4 is 12.2 Å². The van der Waals surface area contributed by atoms with E-state index in [2.05, 4.69) is 10.3 Å². The molecule has 1 heterocycles. The van der Waals surface area contributed by atoms with Gasteiger partial charge in [-0.2, -0.15) is 0 Å². The molecule has 0 aromatic carbocycles. The van der Waals surface area contributed by atoms with Crippen LogP contribution in [-0.4, -0.2) is 23.7 Å². The van der Waals surface area contributed by atoms with E-state index in [9.17, 15) is 9.59 Å². The number of aromatic nitrogens is 1. The standard InChI is InChI=1S/C13H18N2O2/c1-4-9(3)12-11(13(17)14-5-2)6-10(8-16)7-15-12/h6-9H,4-5H2,1-3H3,(H,14,17). The first-order valence-corrected chi connectivity index (χ1v) is 5.87. The van der Waals surface area contributed by atoms with Gasteiger partial charge in [0.1, 0.15) is 0 Å². The largest absolute Gasteiger partial charge is 0.352 e. The fourth-order valence-corrected chi connectivity index (χ4v) is 1.58. The molecule has 1 rings (SSSR count). The summed E-state index contributed by atoms with van der Waals surface area (Å²) >= 11 is 0. The Bertz CT molecular complexity index is 416. The third-order valence-electron chi connectivity index (χ3n) is 2.74. The maximum Gasteiger partial charge on any atom is 0.253 e. The van der Waals surface area contributed by atoms with Crippen LogP contribution in [0.25, 0.3) is 0 Å². The van der Waals surface area contributed by atoms with Gasteiger partial charge in [0.15, 0.2) is 6.29 Å². The quantitative estimate of drug-likeness (QED) is 0.794. The Morgan fingerprint density at radius 2 is 2.24 bits per heavy atom. The van der Waals surface area contributed by atoms with Crippen LogP contribution in [0.4, 0.5) is 0 Å². The van der Waals surface area contributed by atoms with Crippen LogP contribution in [0, 0.1) is 0 Å². The summed E-state index contributed by atoms with van der Waals surface area (Å²) in [6.45, 7) is 6.48. The molecule has 0 aliphatic rings. The summed E-state index contributed by atoms with van der Waals surface area (Å²) in [4.78, 5) is 26.8. The lowest BCUT2D eigenvalue weighted by Crippen LogP contribution is -2.25. The molecular weight excluding hydrogens is 216 g/mol. The number of rotatable bonds is 5. The predicted molar refractivity (Wildman–Crippen MR) is 66.3 cm³/mol. The highest BCUT2D eigenvalue weighted by Gasteiger charge is 2.16. The first-order chi connectivity index (χ1) is 8.13. The van der Waals surface area contributed by atoms with Gasteiger partial charge in [-0.1, -0.05) is 13.8 Å². The van der Waals surface area contributed by atoms with Gasteiger partial charge in [-0.3, -0.25) is 14.6 Å². The van der Waals surface area contributed by atoms with Crippen molar-refractivity contribution in [2.45, 2.75) is 33.1 Å². The average molecular weight is 234 g/mol. The van der Waals surface area contributed by atoms with E-state index in [-0.39, 0.29) is 11.8 Å². The lowest BCUT2D eigenvalue weighted by molar-refractivity contribution is 0.0954. The maximum absolute atomic E-state index is 11.9. The zero-order chi connectivity index (χ0) is 12.8. The summed E-state index contributed by atoms with van der Waals surface area (Å²) in [7, 11) is 0. The number of carbonyl (C=O) groups is 2. The Labute approximate surface area is 101 Å². The normalized spacial score (nSPS) is 11.9. The molecule has 17 heavy (non-hydrogen) atoms. The van der Waals surface area contributed by atoms with Crippen molar-refractivity contribution in [3.05, 3.63) is 29.1 Å². The van der Waals surface area contributed by atoms with Gasteiger partial charge >= 0.3 is 0 Å². The minimum absolute atomic E-state index is 0.168. The van der Waals surface area contributed by atoms with E-state index < -0.39 is 0 Å². The lowest BCUT2D eigenvalue weighted by Gasteiger charge is -2.13. The van der Waals surface area contributed by atoms with E-state index in [0.29, 0.717) is 24.0 Å². The van der Waals surface area contributed by atoms with Crippen LogP contribution in [0.1, 0.15) is 59.5 Å². The summed E-state index contributed by atoms with van der Waals surface area (Å²) in [6, 6.07) is 1.60. The third-order valence-corrected chi connectivity index (χ3v) is 2.74. The van der Waals surface area contributed by atoms with Gasteiger partial charge in [-0.25, -0.2) is 0 Å². The molecule has 0 fully saturated rings. The Hall–Kier alpha value is -1.71. The molecule has 1 unspecified atom stereocenters. The number of amides is 1. The SMILES string of the molecule is CCNC(=O)c1cc(C=O)cnc1C(C)CC. The summed E-state index contributed by atoms with van der Waals surface area (Å²) < 4.78 is 0. The number of aldehydes is 1. The van der Waals surface area contributed by atoms with Gasteiger partial charge in [0.2, 0.25) is 0 Å². The monoisotopic (exact) mass is 234 g/mol. The van der Waals surface area contributed by atoms with Crippen molar-refractivity contribution in [1.82, 2.24) is 10.3 Å². The van der Waals surface area contributed by atoms with Crippen LogP contribution in [0.5, 0.6) is 0 Å². The van der Waals surface area contributed by atoms with Crippen LogP contribution < -0.4 is 5.32 Å². The second kappa shape index (κ2) is 6.13. The smallest absolute Gasteiger partial charge is 0.253 e. The zero-order valence-electron chi connectivity index (χ0n) is 10.5. The van der Waals surface area contributed by atoms with Crippen molar-refractivity contribution in [1.29, 1.82) is 0 Å². The molecule has 0 radical (unpaired) electrons. The van der Waals surface area contributed by atoms with Crippen molar-refractivity contribution in [3.8, 4) is 0 Å². The molecule has 0 aliphatic carbocycles. The topological polar surface area (TPSA) is 59.1 Å². The molecule has 0 aliphatic heterocycles. The van der Waals surface area contributed by atoms with Crippen LogP contribution >= 0.6 is 0 Å². The number of carbonyl (C=O) groups excluding carboxylic acids is 2. The van der Waals surface area contributed by atoms with E-state index in [1.807, 2.05) is 20.8 Å². The van der Waals surface area contributed by atoms with Crippen molar-refractivity contribution < 1.29 is 9.59 Å². The Balaban J connectivity index is 3.20. The number of hydrogen-bond acceptors (Lipinski definition) is 3. The molecule has 0 saturated carbocycles. The summed E-state index contributed by atoms with van der Waals surface area (Å²) in [5.74, 6) is 0.0345. The molecular formula is C13H18N2O2. The Morgan fingerprint density at radius 3 is 2.76 bits per heavy atom. The van der Waals surface area contributed by atoms with Gasteiger partial charge in [-0.15, -0.1) is 0 Å². The molecule has 1 atom stereocenters. The fourth-order valence-electron chi connectivity index (χ4n) is 1.58. The van der Waals surface area contributed by atoms with Crippen molar-refractivity contribution in [2.75, 3.05) is 6.54 Å². The molecule has 1 N–H and O–H groups in total. The number of nitrogens with one attached hydrogen (secondary N) is 1. The lowest BCUT2D eigenvalue weighted by atomic mass is 9.98. The molecule has 92 valence electrons. The van der Waals surface area contributed by atoms with E-state index >= 15 is 0 Å². The van der Waals surface area contributed by atoms with Crippen molar-refractivity contribution in [3.63, 3.8) is 0 Å². The minimum atomic E-state index is -0.168. The number of pyridine rings is 1. The zero-order valence-corrected chi connectivity index (χ0v) is 10.5. The second-order valence-corrected chi connectivity index (χ2v) is 3.99. The average Bonchev–Trinajstić information content (AvgIpc) is 2.37. The van der Waals surface area contributed by atoms with Crippen LogP contribution in [0.2, 0.25) is 0 Å². The van der Waals surface area contributed by atoms with E-state index in [1.54, 1.807) is 6.07 Å². The van der Waals surface area contributed by atoms with Gasteiger partial charge < -0.3 is 5.32 Å². The molecule has 4 heteroatoms. The van der Waals surface area contributed by atoms with Gasteiger partial charge in [0.05, 0.1) is 11.3 Å². The third kappa shape index (κ3) is 3.12. The van der Waals surface area contributed by atoms with E-state index in [1.165, 1.54) is 6.20 Å². The first-order valence-electron chi connectivity index (χ1n) is 5.87. The molecule has 0 saturated heterocycles. The van der Waals surface area contributed by atoms with E-state index in [4.69, 9.17) is 0 Å².